The molecule has 0 aliphatic carbocycles. The van der Waals surface area contributed by atoms with Crippen LogP contribution in [0.3, 0.4) is 0 Å². The fourth-order valence-corrected chi connectivity index (χ4v) is 1.71. The Labute approximate surface area is 93.4 Å². The van der Waals surface area contributed by atoms with Gasteiger partial charge in [-0.25, -0.2) is 0 Å². The van der Waals surface area contributed by atoms with E-state index in [1.807, 2.05) is 0 Å². The Hall–Kier alpha value is -1.16. The summed E-state index contributed by atoms with van der Waals surface area (Å²) in [6.07, 6.45) is 3.93. The van der Waals surface area contributed by atoms with Gasteiger partial charge in [-0.2, -0.15) is 0 Å². The number of nitrogens with zero attached hydrogens (tertiary/aromatic N) is 2. The van der Waals surface area contributed by atoms with Crippen LogP contribution < -0.4 is 0 Å². The van der Waals surface area contributed by atoms with Gasteiger partial charge in [0.05, 0.1) is 4.92 Å². The number of hydrogen-bond acceptors (Lipinski definition) is 3. The van der Waals surface area contributed by atoms with Crippen LogP contribution in [0.4, 0.5) is 5.69 Å². The van der Waals surface area contributed by atoms with Gasteiger partial charge in [0.15, 0.2) is 0 Å². The van der Waals surface area contributed by atoms with Crippen molar-refractivity contribution in [2.24, 2.45) is 0 Å². The minimum absolute atomic E-state index is 0.00417. The van der Waals surface area contributed by atoms with Gasteiger partial charge < -0.3 is 0 Å². The molecular weight excluding hydrogens is 216 g/mol. The van der Waals surface area contributed by atoms with Crippen molar-refractivity contribution in [1.82, 2.24) is 4.98 Å². The Balaban J connectivity index is 2.69. The second kappa shape index (κ2) is 5.66. The van der Waals surface area contributed by atoms with Gasteiger partial charge in [0, 0.05) is 35.8 Å². The first-order valence-electron chi connectivity index (χ1n) is 4.87. The van der Waals surface area contributed by atoms with Crippen LogP contribution in [-0.4, -0.2) is 15.3 Å². The quantitative estimate of drug-likeness (QED) is 0.442. The highest BCUT2D eigenvalue weighted by atomic mass is 35.5. The van der Waals surface area contributed by atoms with Crippen LogP contribution in [-0.2, 0) is 6.42 Å². The van der Waals surface area contributed by atoms with Crippen LogP contribution in [0.15, 0.2) is 18.3 Å². The summed E-state index contributed by atoms with van der Waals surface area (Å²) in [5.41, 5.74) is 0.748. The molecule has 0 amide bonds. The topological polar surface area (TPSA) is 56.0 Å². The molecule has 4 nitrogen and oxygen atoms in total. The molecule has 1 unspecified atom stereocenters. The standard InChI is InChI=1S/C10H13ClN2O2/c1-2-3-8(11)6-9-7-10(13(14)15)4-5-12-9/h4-5,7-8H,2-3,6H2,1H3. The molecule has 0 N–H and O–H groups in total. The SMILES string of the molecule is CCCC(Cl)Cc1cc([N+](=O)[O-])ccn1. The lowest BCUT2D eigenvalue weighted by atomic mass is 10.1. The van der Waals surface area contributed by atoms with E-state index in [9.17, 15) is 10.1 Å². The first-order chi connectivity index (χ1) is 7.13. The minimum atomic E-state index is -0.422. The largest absolute Gasteiger partial charge is 0.272 e. The van der Waals surface area contributed by atoms with Crippen molar-refractivity contribution < 1.29 is 4.92 Å². The lowest BCUT2D eigenvalue weighted by Crippen LogP contribution is -2.04. The van der Waals surface area contributed by atoms with Gasteiger partial charge in [0.1, 0.15) is 0 Å². The number of pyridine rings is 1. The highest BCUT2D eigenvalue weighted by Crippen LogP contribution is 2.15. The molecule has 1 heterocycles. The van der Waals surface area contributed by atoms with Crippen molar-refractivity contribution in [1.29, 1.82) is 0 Å². The zero-order chi connectivity index (χ0) is 11.3. The van der Waals surface area contributed by atoms with E-state index in [2.05, 4.69) is 11.9 Å². The average molecular weight is 229 g/mol. The van der Waals surface area contributed by atoms with Gasteiger partial charge in [-0.1, -0.05) is 13.3 Å². The molecule has 5 heteroatoms. The van der Waals surface area contributed by atoms with Crippen molar-refractivity contribution in [3.05, 3.63) is 34.1 Å². The maximum atomic E-state index is 10.5. The van der Waals surface area contributed by atoms with E-state index in [1.54, 1.807) is 0 Å². The number of rotatable bonds is 5. The number of alkyl halides is 1. The maximum Gasteiger partial charge on any atom is 0.272 e. The Morgan fingerprint density at radius 2 is 2.40 bits per heavy atom. The molecule has 0 bridgehead atoms. The van der Waals surface area contributed by atoms with Gasteiger partial charge in [-0.3, -0.25) is 15.1 Å². The molecule has 1 atom stereocenters. The molecular formula is C10H13ClN2O2. The normalized spacial score (nSPS) is 12.4. The van der Waals surface area contributed by atoms with E-state index in [1.165, 1.54) is 18.3 Å². The van der Waals surface area contributed by atoms with Gasteiger partial charge in [-0.15, -0.1) is 11.6 Å². The first-order valence-corrected chi connectivity index (χ1v) is 5.30. The van der Waals surface area contributed by atoms with E-state index >= 15 is 0 Å². The van der Waals surface area contributed by atoms with Crippen molar-refractivity contribution in [2.45, 2.75) is 31.6 Å². The zero-order valence-electron chi connectivity index (χ0n) is 8.52. The predicted molar refractivity (Wildman–Crippen MR) is 59.1 cm³/mol. The zero-order valence-corrected chi connectivity index (χ0v) is 9.28. The van der Waals surface area contributed by atoms with Crippen LogP contribution >= 0.6 is 11.6 Å². The third-order valence-electron chi connectivity index (χ3n) is 2.04. The van der Waals surface area contributed by atoms with Gasteiger partial charge in [0.25, 0.3) is 5.69 Å². The molecule has 0 fully saturated rings. The predicted octanol–water partition coefficient (Wildman–Crippen LogP) is 2.94. The molecule has 15 heavy (non-hydrogen) atoms. The van der Waals surface area contributed by atoms with Crippen molar-refractivity contribution in [3.8, 4) is 0 Å². The molecule has 1 aromatic heterocycles. The molecule has 82 valence electrons. The van der Waals surface area contributed by atoms with Gasteiger partial charge in [-0.05, 0) is 6.42 Å². The second-order valence-electron chi connectivity index (χ2n) is 3.35. The van der Waals surface area contributed by atoms with Crippen LogP contribution in [0.5, 0.6) is 0 Å². The number of halogens is 1. The summed E-state index contributed by atoms with van der Waals surface area (Å²) in [7, 11) is 0. The Morgan fingerprint density at radius 1 is 1.67 bits per heavy atom. The number of nitro groups is 1. The van der Waals surface area contributed by atoms with E-state index in [0.717, 1.165) is 12.8 Å². The molecule has 1 rings (SSSR count). The summed E-state index contributed by atoms with van der Waals surface area (Å²) in [6, 6.07) is 2.86. The van der Waals surface area contributed by atoms with Crippen LogP contribution in [0.1, 0.15) is 25.5 Å². The third kappa shape index (κ3) is 3.83. The van der Waals surface area contributed by atoms with E-state index in [4.69, 9.17) is 11.6 Å². The van der Waals surface area contributed by atoms with E-state index in [-0.39, 0.29) is 11.1 Å². The highest BCUT2D eigenvalue weighted by Gasteiger charge is 2.10. The molecule has 0 radical (unpaired) electrons. The van der Waals surface area contributed by atoms with E-state index in [0.29, 0.717) is 12.1 Å². The Bertz CT molecular complexity index is 344. The van der Waals surface area contributed by atoms with Gasteiger partial charge in [0.2, 0.25) is 0 Å². The maximum absolute atomic E-state index is 10.5. The first kappa shape index (κ1) is 11.9. The monoisotopic (exact) mass is 228 g/mol. The molecule has 0 saturated heterocycles. The van der Waals surface area contributed by atoms with Crippen LogP contribution in [0.25, 0.3) is 0 Å². The van der Waals surface area contributed by atoms with E-state index < -0.39 is 4.92 Å². The summed E-state index contributed by atoms with van der Waals surface area (Å²) in [5.74, 6) is 0. The smallest absolute Gasteiger partial charge is 0.261 e. The number of aromatic nitrogens is 1. The molecule has 0 saturated carbocycles. The summed E-state index contributed by atoms with van der Waals surface area (Å²) in [5, 5.41) is 10.5. The summed E-state index contributed by atoms with van der Waals surface area (Å²) in [4.78, 5) is 14.1. The molecule has 0 aliphatic heterocycles. The average Bonchev–Trinajstić information content (AvgIpc) is 2.18. The summed E-state index contributed by atoms with van der Waals surface area (Å²) in [6.45, 7) is 2.05. The Kier molecular flexibility index (Phi) is 4.49. The second-order valence-corrected chi connectivity index (χ2v) is 3.97. The lowest BCUT2D eigenvalue weighted by molar-refractivity contribution is -0.385. The number of hydrogen-bond donors (Lipinski definition) is 0. The summed E-state index contributed by atoms with van der Waals surface area (Å²) >= 11 is 6.04. The Morgan fingerprint density at radius 3 is 3.00 bits per heavy atom. The highest BCUT2D eigenvalue weighted by molar-refractivity contribution is 6.20. The molecule has 1 aromatic rings. The van der Waals surface area contributed by atoms with Crippen LogP contribution in [0, 0.1) is 10.1 Å². The fraction of sp³-hybridized carbons (Fsp3) is 0.500. The third-order valence-corrected chi connectivity index (χ3v) is 2.42. The lowest BCUT2D eigenvalue weighted by Gasteiger charge is -2.06. The molecule has 0 aliphatic rings. The molecule has 0 spiro atoms. The van der Waals surface area contributed by atoms with Crippen molar-refractivity contribution in [2.75, 3.05) is 0 Å². The minimum Gasteiger partial charge on any atom is -0.261 e. The van der Waals surface area contributed by atoms with Crippen molar-refractivity contribution >= 4 is 17.3 Å². The summed E-state index contributed by atoms with van der Waals surface area (Å²) < 4.78 is 0. The van der Waals surface area contributed by atoms with Crippen molar-refractivity contribution in [3.63, 3.8) is 0 Å². The molecule has 0 aromatic carbocycles. The van der Waals surface area contributed by atoms with Crippen LogP contribution in [0.2, 0.25) is 0 Å². The van der Waals surface area contributed by atoms with Gasteiger partial charge >= 0.3 is 0 Å². The fourth-order valence-electron chi connectivity index (χ4n) is 1.33.